The predicted molar refractivity (Wildman–Crippen MR) is 79.8 cm³/mol. The highest BCUT2D eigenvalue weighted by Crippen LogP contribution is 2.22. The molecule has 0 spiro atoms. The van der Waals surface area contributed by atoms with Gasteiger partial charge in [0.25, 0.3) is 0 Å². The van der Waals surface area contributed by atoms with E-state index in [9.17, 15) is 5.11 Å². The molecule has 0 aromatic heterocycles. The molecule has 3 nitrogen and oxygen atoms in total. The van der Waals surface area contributed by atoms with E-state index in [0.29, 0.717) is 21.2 Å². The Balaban J connectivity index is 2.15. The Morgan fingerprint density at radius 2 is 1.47 bits per heavy atom. The maximum Gasteiger partial charge on any atom is 0.124 e. The van der Waals surface area contributed by atoms with Crippen LogP contribution in [0.3, 0.4) is 0 Å². The van der Waals surface area contributed by atoms with Crippen molar-refractivity contribution in [1.82, 2.24) is 0 Å². The number of aromatic hydroxyl groups is 1. The van der Waals surface area contributed by atoms with Crippen LogP contribution in [0.1, 0.15) is 11.1 Å². The first-order chi connectivity index (χ1) is 9.18. The second-order valence-corrected chi connectivity index (χ2v) is 4.50. The van der Waals surface area contributed by atoms with Crippen LogP contribution in [0.5, 0.6) is 5.75 Å². The second kappa shape index (κ2) is 6.36. The topological polar surface area (TPSA) is 45.0 Å². The molecule has 1 N–H and O–H groups in total. The second-order valence-electron chi connectivity index (χ2n) is 3.68. The third-order valence-corrected chi connectivity index (χ3v) is 3.05. The van der Waals surface area contributed by atoms with Gasteiger partial charge in [-0.2, -0.15) is 10.2 Å². The fourth-order valence-corrected chi connectivity index (χ4v) is 1.91. The lowest BCUT2D eigenvalue weighted by Gasteiger charge is -1.98. The molecule has 19 heavy (non-hydrogen) atoms. The van der Waals surface area contributed by atoms with Crippen LogP contribution >= 0.6 is 23.2 Å². The van der Waals surface area contributed by atoms with Crippen LogP contribution in [-0.4, -0.2) is 17.5 Å². The maximum atomic E-state index is 9.53. The van der Waals surface area contributed by atoms with Gasteiger partial charge in [-0.25, -0.2) is 0 Å². The molecule has 0 amide bonds. The lowest BCUT2D eigenvalue weighted by atomic mass is 10.2. The molecule has 0 radical (unpaired) electrons. The summed E-state index contributed by atoms with van der Waals surface area (Å²) >= 11 is 12.0. The summed E-state index contributed by atoms with van der Waals surface area (Å²) < 4.78 is 0. The molecule has 5 heteroatoms. The Morgan fingerprint density at radius 3 is 2.16 bits per heavy atom. The molecule has 0 saturated heterocycles. The van der Waals surface area contributed by atoms with Crippen molar-refractivity contribution in [3.05, 3.63) is 63.6 Å². The van der Waals surface area contributed by atoms with Crippen molar-refractivity contribution in [2.75, 3.05) is 0 Å². The van der Waals surface area contributed by atoms with Gasteiger partial charge in [0.15, 0.2) is 0 Å². The standard InChI is InChI=1S/C14H10Cl2N2O/c15-12-5-3-6-13(16)11(12)9-18-17-8-10-4-1-2-7-14(10)19/h1-9,19H/b17-8+,18-9?. The average Bonchev–Trinajstić information content (AvgIpc) is 2.39. The molecule has 2 aromatic rings. The smallest absolute Gasteiger partial charge is 0.124 e. The van der Waals surface area contributed by atoms with Gasteiger partial charge in [0.1, 0.15) is 5.75 Å². The van der Waals surface area contributed by atoms with Gasteiger partial charge < -0.3 is 5.11 Å². The molecule has 2 aromatic carbocycles. The van der Waals surface area contributed by atoms with Gasteiger partial charge >= 0.3 is 0 Å². The van der Waals surface area contributed by atoms with E-state index in [0.717, 1.165) is 0 Å². The lowest BCUT2D eigenvalue weighted by molar-refractivity contribution is 0.474. The number of phenolic OH excluding ortho intramolecular Hbond substituents is 1. The van der Waals surface area contributed by atoms with Gasteiger partial charge in [-0.15, -0.1) is 0 Å². The molecular formula is C14H10Cl2N2O. The molecule has 2 rings (SSSR count). The quantitative estimate of drug-likeness (QED) is 0.670. The number of hydrogen-bond donors (Lipinski definition) is 1. The normalized spacial score (nSPS) is 11.5. The van der Waals surface area contributed by atoms with Crippen LogP contribution in [0, 0.1) is 0 Å². The van der Waals surface area contributed by atoms with Crippen molar-refractivity contribution in [1.29, 1.82) is 0 Å². The molecule has 0 bridgehead atoms. The van der Waals surface area contributed by atoms with E-state index in [1.807, 2.05) is 0 Å². The minimum absolute atomic E-state index is 0.150. The zero-order valence-electron chi connectivity index (χ0n) is 9.79. The summed E-state index contributed by atoms with van der Waals surface area (Å²) in [5, 5.41) is 18.3. The van der Waals surface area contributed by atoms with E-state index in [-0.39, 0.29) is 5.75 Å². The maximum absolute atomic E-state index is 9.53. The SMILES string of the molecule is Oc1ccccc1/C=N/N=Cc1c(Cl)cccc1Cl. The highest BCUT2D eigenvalue weighted by Gasteiger charge is 2.01. The first-order valence-electron chi connectivity index (χ1n) is 5.47. The Morgan fingerprint density at radius 1 is 0.842 bits per heavy atom. The van der Waals surface area contributed by atoms with Crippen LogP contribution in [0.4, 0.5) is 0 Å². The Hall–Kier alpha value is -1.84. The van der Waals surface area contributed by atoms with E-state index in [1.54, 1.807) is 42.5 Å². The zero-order chi connectivity index (χ0) is 13.7. The van der Waals surface area contributed by atoms with Crippen molar-refractivity contribution >= 4 is 35.6 Å². The molecule has 0 fully saturated rings. The van der Waals surface area contributed by atoms with Gasteiger partial charge in [0.05, 0.1) is 22.5 Å². The summed E-state index contributed by atoms with van der Waals surface area (Å²) in [7, 11) is 0. The zero-order valence-corrected chi connectivity index (χ0v) is 11.3. The van der Waals surface area contributed by atoms with Gasteiger partial charge in [0, 0.05) is 11.1 Å². The van der Waals surface area contributed by atoms with E-state index >= 15 is 0 Å². The first-order valence-corrected chi connectivity index (χ1v) is 6.22. The van der Waals surface area contributed by atoms with E-state index in [2.05, 4.69) is 10.2 Å². The van der Waals surface area contributed by atoms with E-state index in [4.69, 9.17) is 23.2 Å². The van der Waals surface area contributed by atoms with Crippen molar-refractivity contribution in [3.63, 3.8) is 0 Å². The largest absolute Gasteiger partial charge is 0.507 e. The number of phenols is 1. The number of rotatable bonds is 3. The lowest BCUT2D eigenvalue weighted by Crippen LogP contribution is -1.85. The molecule has 0 atom stereocenters. The fourth-order valence-electron chi connectivity index (χ4n) is 1.42. The van der Waals surface area contributed by atoms with Crippen LogP contribution in [0.25, 0.3) is 0 Å². The summed E-state index contributed by atoms with van der Waals surface area (Å²) in [5.41, 5.74) is 1.20. The van der Waals surface area contributed by atoms with Crippen molar-refractivity contribution < 1.29 is 5.11 Å². The van der Waals surface area contributed by atoms with Crippen molar-refractivity contribution in [2.45, 2.75) is 0 Å². The molecule has 0 saturated carbocycles. The number of hydrogen-bond acceptors (Lipinski definition) is 3. The monoisotopic (exact) mass is 292 g/mol. The molecule has 0 heterocycles. The Bertz CT molecular complexity index is 619. The number of para-hydroxylation sites is 1. The first kappa shape index (κ1) is 13.6. The minimum atomic E-state index is 0.150. The van der Waals surface area contributed by atoms with E-state index in [1.165, 1.54) is 12.4 Å². The van der Waals surface area contributed by atoms with Crippen molar-refractivity contribution in [3.8, 4) is 5.75 Å². The van der Waals surface area contributed by atoms with Crippen LogP contribution < -0.4 is 0 Å². The van der Waals surface area contributed by atoms with Gasteiger partial charge in [-0.1, -0.05) is 41.4 Å². The molecule has 0 aliphatic rings. The van der Waals surface area contributed by atoms with Crippen molar-refractivity contribution in [2.24, 2.45) is 10.2 Å². The number of benzene rings is 2. The van der Waals surface area contributed by atoms with E-state index < -0.39 is 0 Å². The predicted octanol–water partition coefficient (Wildman–Crippen LogP) is 4.15. The molecule has 0 aliphatic heterocycles. The Labute approximate surface area is 120 Å². The fraction of sp³-hybridized carbons (Fsp3) is 0. The molecular weight excluding hydrogens is 283 g/mol. The van der Waals surface area contributed by atoms with Crippen LogP contribution in [-0.2, 0) is 0 Å². The highest BCUT2D eigenvalue weighted by molar-refractivity contribution is 6.38. The Kier molecular flexibility index (Phi) is 4.55. The van der Waals surface area contributed by atoms with Crippen LogP contribution in [0.2, 0.25) is 10.0 Å². The summed E-state index contributed by atoms with van der Waals surface area (Å²) in [5.74, 6) is 0.150. The third kappa shape index (κ3) is 3.56. The molecule has 0 unspecified atom stereocenters. The highest BCUT2D eigenvalue weighted by atomic mass is 35.5. The van der Waals surface area contributed by atoms with Gasteiger partial charge in [-0.3, -0.25) is 0 Å². The summed E-state index contributed by atoms with van der Waals surface area (Å²) in [6.07, 6.45) is 2.93. The number of nitrogens with zero attached hydrogens (tertiary/aromatic N) is 2. The van der Waals surface area contributed by atoms with Crippen LogP contribution in [0.15, 0.2) is 52.7 Å². The summed E-state index contributed by atoms with van der Waals surface area (Å²) in [4.78, 5) is 0. The molecule has 0 aliphatic carbocycles. The van der Waals surface area contributed by atoms with Gasteiger partial charge in [0.2, 0.25) is 0 Å². The summed E-state index contributed by atoms with van der Waals surface area (Å²) in [6, 6.07) is 12.1. The molecule has 96 valence electrons. The van der Waals surface area contributed by atoms with Gasteiger partial charge in [-0.05, 0) is 24.3 Å². The average molecular weight is 293 g/mol. The summed E-state index contributed by atoms with van der Waals surface area (Å²) in [6.45, 7) is 0. The third-order valence-electron chi connectivity index (χ3n) is 2.39. The number of halogens is 2. The minimum Gasteiger partial charge on any atom is -0.507 e.